The van der Waals surface area contributed by atoms with Crippen LogP contribution in [0, 0.1) is 0 Å². The van der Waals surface area contributed by atoms with Crippen LogP contribution in [-0.4, -0.2) is 39.4 Å². The number of benzene rings is 1. The van der Waals surface area contributed by atoms with Gasteiger partial charge in [0.1, 0.15) is 30.3 Å². The van der Waals surface area contributed by atoms with Crippen molar-refractivity contribution in [2.75, 3.05) is 27.4 Å². The van der Waals surface area contributed by atoms with Gasteiger partial charge in [-0.25, -0.2) is 9.59 Å². The summed E-state index contributed by atoms with van der Waals surface area (Å²) in [6.07, 6.45) is 21.2. The van der Waals surface area contributed by atoms with Gasteiger partial charge >= 0.3 is 11.9 Å². The van der Waals surface area contributed by atoms with Crippen LogP contribution in [0.2, 0.25) is 0 Å². The van der Waals surface area contributed by atoms with Gasteiger partial charge in [0.05, 0.1) is 19.8 Å². The fraction of sp³-hybridized carbons (Fsp3) is 0.500. The van der Waals surface area contributed by atoms with Crippen LogP contribution in [0.15, 0.2) is 82.0 Å². The molecule has 0 fully saturated rings. The van der Waals surface area contributed by atoms with Gasteiger partial charge in [0.25, 0.3) is 0 Å². The molecule has 1 aromatic rings. The average molecular weight is 635 g/mol. The number of carbonyl (C=O) groups is 2. The number of esters is 2. The van der Waals surface area contributed by atoms with Crippen LogP contribution in [0.25, 0.3) is 0 Å². The fourth-order valence-corrected chi connectivity index (χ4v) is 4.60. The van der Waals surface area contributed by atoms with Crippen molar-refractivity contribution in [2.24, 2.45) is 0 Å². The first-order valence-electron chi connectivity index (χ1n) is 16.4. The van der Waals surface area contributed by atoms with Gasteiger partial charge in [-0.1, -0.05) is 57.7 Å². The summed E-state index contributed by atoms with van der Waals surface area (Å²) < 4.78 is 22.0. The van der Waals surface area contributed by atoms with Gasteiger partial charge in [-0.15, -0.1) is 0 Å². The lowest BCUT2D eigenvalue weighted by molar-refractivity contribution is 0.0551. The largest absolute Gasteiger partial charge is 0.489 e. The SMILES string of the molecule is COC(=O)c1cc(OCC=C(C)CCC=C(C)CCC=C(C)C)cc(OCC=C(C)CCC=C(C)CCC=C(C)C)c1C(=O)OC. The molecule has 6 heteroatoms. The van der Waals surface area contributed by atoms with Crippen molar-refractivity contribution in [3.05, 3.63) is 93.2 Å². The molecule has 0 atom stereocenters. The highest BCUT2D eigenvalue weighted by atomic mass is 16.5. The highest BCUT2D eigenvalue weighted by molar-refractivity contribution is 6.05. The second kappa shape index (κ2) is 22.7. The standard InChI is InChI=1S/C40H58O6/c1-29(2)15-11-17-31(5)19-13-21-33(7)23-25-45-35-27-36(39(41)43-9)38(40(42)44-10)37(28-35)46-26-24-34(8)22-14-20-32(6)18-12-16-30(3)4/h15-16,19-20,23-24,27-28H,11-14,17-18,21-22,25-26H2,1-10H3. The first kappa shape index (κ1) is 40.2. The van der Waals surface area contributed by atoms with E-state index in [1.165, 1.54) is 53.7 Å². The highest BCUT2D eigenvalue weighted by Crippen LogP contribution is 2.31. The summed E-state index contributed by atoms with van der Waals surface area (Å²) in [5.41, 5.74) is 7.92. The molecule has 1 aromatic carbocycles. The summed E-state index contributed by atoms with van der Waals surface area (Å²) in [6, 6.07) is 3.13. The Balaban J connectivity index is 2.97. The zero-order chi connectivity index (χ0) is 34.5. The summed E-state index contributed by atoms with van der Waals surface area (Å²) in [6.45, 7) is 17.5. The van der Waals surface area contributed by atoms with Crippen LogP contribution in [-0.2, 0) is 9.47 Å². The summed E-state index contributed by atoms with van der Waals surface area (Å²) >= 11 is 0. The highest BCUT2D eigenvalue weighted by Gasteiger charge is 2.25. The van der Waals surface area contributed by atoms with E-state index in [4.69, 9.17) is 18.9 Å². The molecule has 254 valence electrons. The van der Waals surface area contributed by atoms with E-state index in [9.17, 15) is 9.59 Å². The van der Waals surface area contributed by atoms with Crippen molar-refractivity contribution in [3.63, 3.8) is 0 Å². The van der Waals surface area contributed by atoms with Crippen molar-refractivity contribution < 1.29 is 28.5 Å². The molecule has 0 saturated carbocycles. The third-order valence-electron chi connectivity index (χ3n) is 7.47. The van der Waals surface area contributed by atoms with Crippen LogP contribution in [0.4, 0.5) is 0 Å². The first-order valence-corrected chi connectivity index (χ1v) is 16.4. The summed E-state index contributed by atoms with van der Waals surface area (Å²) in [4.78, 5) is 25.4. The molecular formula is C40H58O6. The number of allylic oxidation sites excluding steroid dienone is 10. The van der Waals surface area contributed by atoms with E-state index in [0.29, 0.717) is 12.4 Å². The van der Waals surface area contributed by atoms with Crippen LogP contribution in [0.1, 0.15) is 127 Å². The van der Waals surface area contributed by atoms with E-state index in [-0.39, 0.29) is 23.5 Å². The maximum absolute atomic E-state index is 12.7. The Hall–Kier alpha value is -3.80. The maximum Gasteiger partial charge on any atom is 0.342 e. The van der Waals surface area contributed by atoms with Gasteiger partial charge in [0.15, 0.2) is 0 Å². The monoisotopic (exact) mass is 634 g/mol. The minimum absolute atomic E-state index is 0.0149. The predicted octanol–water partition coefficient (Wildman–Crippen LogP) is 10.9. The third-order valence-corrected chi connectivity index (χ3v) is 7.47. The van der Waals surface area contributed by atoms with Gasteiger partial charge in [0.2, 0.25) is 0 Å². The quantitative estimate of drug-likeness (QED) is 0.105. The molecule has 6 nitrogen and oxygen atoms in total. The first-order chi connectivity index (χ1) is 21.9. The topological polar surface area (TPSA) is 71.1 Å². The predicted molar refractivity (Wildman–Crippen MR) is 191 cm³/mol. The molecule has 0 aliphatic carbocycles. The van der Waals surface area contributed by atoms with E-state index in [0.717, 1.165) is 51.4 Å². The molecule has 0 aromatic heterocycles. The molecular weight excluding hydrogens is 576 g/mol. The Kier molecular flexibility index (Phi) is 19.8. The molecule has 0 N–H and O–H groups in total. The Morgan fingerprint density at radius 1 is 0.543 bits per heavy atom. The van der Waals surface area contributed by atoms with E-state index < -0.39 is 11.9 Å². The Morgan fingerprint density at radius 2 is 0.957 bits per heavy atom. The molecule has 0 spiro atoms. The summed E-state index contributed by atoms with van der Waals surface area (Å²) in [5, 5.41) is 0. The number of ether oxygens (including phenoxy) is 4. The number of carbonyl (C=O) groups excluding carboxylic acids is 2. The lowest BCUT2D eigenvalue weighted by Crippen LogP contribution is -2.15. The van der Waals surface area contributed by atoms with Crippen LogP contribution in [0.5, 0.6) is 11.5 Å². The lowest BCUT2D eigenvalue weighted by Gasteiger charge is -2.15. The molecule has 46 heavy (non-hydrogen) atoms. The molecule has 0 saturated heterocycles. The van der Waals surface area contributed by atoms with Gasteiger partial charge in [-0.2, -0.15) is 0 Å². The second-order valence-corrected chi connectivity index (χ2v) is 12.4. The second-order valence-electron chi connectivity index (χ2n) is 12.4. The molecule has 0 radical (unpaired) electrons. The summed E-state index contributed by atoms with van der Waals surface area (Å²) in [5.74, 6) is -0.751. The molecule has 0 unspecified atom stereocenters. The van der Waals surface area contributed by atoms with E-state index in [1.807, 2.05) is 12.2 Å². The van der Waals surface area contributed by atoms with Crippen LogP contribution >= 0.6 is 0 Å². The van der Waals surface area contributed by atoms with Crippen molar-refractivity contribution in [1.82, 2.24) is 0 Å². The zero-order valence-electron chi connectivity index (χ0n) is 30.1. The number of rotatable bonds is 20. The molecule has 1 rings (SSSR count). The third kappa shape index (κ3) is 17.0. The van der Waals surface area contributed by atoms with E-state index in [2.05, 4.69) is 79.7 Å². The normalized spacial score (nSPS) is 12.4. The minimum Gasteiger partial charge on any atom is -0.489 e. The van der Waals surface area contributed by atoms with Crippen molar-refractivity contribution in [1.29, 1.82) is 0 Å². The Labute approximate surface area is 278 Å². The summed E-state index contributed by atoms with van der Waals surface area (Å²) in [7, 11) is 2.54. The molecule has 0 heterocycles. The van der Waals surface area contributed by atoms with E-state index >= 15 is 0 Å². The minimum atomic E-state index is -0.684. The van der Waals surface area contributed by atoms with Crippen LogP contribution < -0.4 is 9.47 Å². The molecule has 0 aliphatic rings. The molecule has 0 amide bonds. The maximum atomic E-state index is 12.7. The van der Waals surface area contributed by atoms with Gasteiger partial charge in [-0.05, 0) is 125 Å². The zero-order valence-corrected chi connectivity index (χ0v) is 30.1. The van der Waals surface area contributed by atoms with Gasteiger partial charge < -0.3 is 18.9 Å². The number of methoxy groups -OCH3 is 2. The van der Waals surface area contributed by atoms with E-state index in [1.54, 1.807) is 6.07 Å². The fourth-order valence-electron chi connectivity index (χ4n) is 4.60. The number of hydrogen-bond acceptors (Lipinski definition) is 6. The van der Waals surface area contributed by atoms with Gasteiger partial charge in [0, 0.05) is 6.07 Å². The van der Waals surface area contributed by atoms with Gasteiger partial charge in [-0.3, -0.25) is 0 Å². The lowest BCUT2D eigenvalue weighted by atomic mass is 10.1. The molecule has 0 aliphatic heterocycles. The average Bonchev–Trinajstić information content (AvgIpc) is 2.99. The van der Waals surface area contributed by atoms with Crippen molar-refractivity contribution in [2.45, 2.75) is 107 Å². The smallest absolute Gasteiger partial charge is 0.342 e. The number of hydrogen-bond donors (Lipinski definition) is 0. The Bertz CT molecular complexity index is 1310. The molecule has 0 bridgehead atoms. The Morgan fingerprint density at radius 3 is 1.39 bits per heavy atom. The van der Waals surface area contributed by atoms with Crippen LogP contribution in [0.3, 0.4) is 0 Å². The van der Waals surface area contributed by atoms with Crippen molar-refractivity contribution >= 4 is 11.9 Å². The van der Waals surface area contributed by atoms with Crippen molar-refractivity contribution in [3.8, 4) is 11.5 Å².